The molecule has 5 nitrogen and oxygen atoms in total. The molecule has 5 heteroatoms. The molecule has 0 bridgehead atoms. The van der Waals surface area contributed by atoms with E-state index in [1.54, 1.807) is 6.92 Å². The molecule has 0 spiro atoms. The zero-order valence-corrected chi connectivity index (χ0v) is 7.78. The molecule has 0 aromatic heterocycles. The Balaban J connectivity index is 2.45. The van der Waals surface area contributed by atoms with E-state index in [4.69, 9.17) is 5.11 Å². The number of imide groups is 1. The van der Waals surface area contributed by atoms with Gasteiger partial charge < -0.3 is 10.4 Å². The summed E-state index contributed by atoms with van der Waals surface area (Å²) in [6, 6.07) is -0.452. The molecule has 2 atom stereocenters. The molecule has 1 aliphatic heterocycles. The average molecular weight is 186 g/mol. The van der Waals surface area contributed by atoms with Crippen LogP contribution in [-0.4, -0.2) is 47.6 Å². The van der Waals surface area contributed by atoms with E-state index in [0.29, 0.717) is 6.54 Å². The van der Waals surface area contributed by atoms with Crippen molar-refractivity contribution in [1.29, 1.82) is 0 Å². The van der Waals surface area contributed by atoms with Crippen LogP contribution < -0.4 is 5.32 Å². The quantitative estimate of drug-likeness (QED) is 0.538. The van der Waals surface area contributed by atoms with E-state index in [1.807, 2.05) is 0 Å². The Bertz CT molecular complexity index is 227. The lowest BCUT2D eigenvalue weighted by atomic mass is 10.2. The van der Waals surface area contributed by atoms with Crippen LogP contribution in [0.2, 0.25) is 0 Å². The van der Waals surface area contributed by atoms with Gasteiger partial charge in [-0.15, -0.1) is 0 Å². The van der Waals surface area contributed by atoms with Gasteiger partial charge in [-0.2, -0.15) is 0 Å². The smallest absolute Gasteiger partial charge is 0.246 e. The maximum Gasteiger partial charge on any atom is 0.246 e. The van der Waals surface area contributed by atoms with Gasteiger partial charge in [0.25, 0.3) is 0 Å². The van der Waals surface area contributed by atoms with Crippen LogP contribution in [0.15, 0.2) is 0 Å². The van der Waals surface area contributed by atoms with Crippen molar-refractivity contribution in [3.8, 4) is 0 Å². The number of amides is 2. The molecule has 0 aromatic carbocycles. The Morgan fingerprint density at radius 3 is 2.69 bits per heavy atom. The maximum atomic E-state index is 11.3. The number of nitrogens with zero attached hydrogens (tertiary/aromatic N) is 1. The molecule has 74 valence electrons. The Kier molecular flexibility index (Phi) is 3.00. The fourth-order valence-corrected chi connectivity index (χ4v) is 1.23. The van der Waals surface area contributed by atoms with E-state index in [1.165, 1.54) is 7.05 Å². The molecule has 0 aromatic rings. The molecule has 1 saturated heterocycles. The first-order valence-electron chi connectivity index (χ1n) is 4.24. The van der Waals surface area contributed by atoms with E-state index < -0.39 is 12.1 Å². The number of hydrogen-bond donors (Lipinski definition) is 2. The van der Waals surface area contributed by atoms with Crippen LogP contribution in [0.25, 0.3) is 0 Å². The lowest BCUT2D eigenvalue weighted by molar-refractivity contribution is -0.137. The predicted molar refractivity (Wildman–Crippen MR) is 45.9 cm³/mol. The third-order valence-corrected chi connectivity index (χ3v) is 2.04. The van der Waals surface area contributed by atoms with Gasteiger partial charge in [-0.3, -0.25) is 14.5 Å². The number of nitrogens with one attached hydrogen (secondary N) is 1. The highest BCUT2D eigenvalue weighted by Crippen LogP contribution is 2.09. The van der Waals surface area contributed by atoms with Crippen molar-refractivity contribution >= 4 is 11.8 Å². The van der Waals surface area contributed by atoms with Gasteiger partial charge in [0.15, 0.2) is 0 Å². The molecule has 0 saturated carbocycles. The zero-order chi connectivity index (χ0) is 10.0. The SMILES string of the molecule is C[C@H](O)CNC1CC(=O)N(C)C1=O. The van der Waals surface area contributed by atoms with Crippen molar-refractivity contribution in [2.45, 2.75) is 25.5 Å². The minimum Gasteiger partial charge on any atom is -0.392 e. The van der Waals surface area contributed by atoms with Crippen molar-refractivity contribution in [3.63, 3.8) is 0 Å². The number of likely N-dealkylation sites (tertiary alicyclic amines) is 1. The molecule has 2 amide bonds. The Morgan fingerprint density at radius 1 is 1.69 bits per heavy atom. The lowest BCUT2D eigenvalue weighted by Gasteiger charge is -2.11. The van der Waals surface area contributed by atoms with Gasteiger partial charge in [-0.25, -0.2) is 0 Å². The highest BCUT2D eigenvalue weighted by molar-refractivity contribution is 6.05. The van der Waals surface area contributed by atoms with E-state index in [9.17, 15) is 9.59 Å². The molecule has 1 unspecified atom stereocenters. The second-order valence-electron chi connectivity index (χ2n) is 3.30. The van der Waals surface area contributed by atoms with Gasteiger partial charge >= 0.3 is 0 Å². The van der Waals surface area contributed by atoms with Crippen LogP contribution in [0, 0.1) is 0 Å². The van der Waals surface area contributed by atoms with Gasteiger partial charge in [0.1, 0.15) is 0 Å². The van der Waals surface area contributed by atoms with E-state index >= 15 is 0 Å². The van der Waals surface area contributed by atoms with Crippen LogP contribution in [0.4, 0.5) is 0 Å². The topological polar surface area (TPSA) is 69.6 Å². The van der Waals surface area contributed by atoms with Crippen molar-refractivity contribution in [3.05, 3.63) is 0 Å². The van der Waals surface area contributed by atoms with Crippen molar-refractivity contribution < 1.29 is 14.7 Å². The summed E-state index contributed by atoms with van der Waals surface area (Å²) >= 11 is 0. The molecule has 0 aliphatic carbocycles. The molecule has 1 aliphatic rings. The number of rotatable bonds is 3. The monoisotopic (exact) mass is 186 g/mol. The van der Waals surface area contributed by atoms with Gasteiger partial charge in [-0.1, -0.05) is 0 Å². The average Bonchev–Trinajstić information content (AvgIpc) is 2.29. The van der Waals surface area contributed by atoms with Crippen LogP contribution in [0.1, 0.15) is 13.3 Å². The zero-order valence-electron chi connectivity index (χ0n) is 7.78. The number of likely N-dealkylation sites (N-methyl/N-ethyl adjacent to an activating group) is 1. The third kappa shape index (κ3) is 2.26. The Hall–Kier alpha value is -0.940. The molecule has 0 radical (unpaired) electrons. The Morgan fingerprint density at radius 2 is 2.31 bits per heavy atom. The summed E-state index contributed by atoms with van der Waals surface area (Å²) in [6.45, 7) is 1.95. The summed E-state index contributed by atoms with van der Waals surface area (Å²) in [4.78, 5) is 23.4. The summed E-state index contributed by atoms with van der Waals surface area (Å²) in [6.07, 6.45) is -0.309. The van der Waals surface area contributed by atoms with Crippen molar-refractivity contribution in [2.75, 3.05) is 13.6 Å². The fraction of sp³-hybridized carbons (Fsp3) is 0.750. The molecule has 2 N–H and O–H groups in total. The maximum absolute atomic E-state index is 11.3. The molecular weight excluding hydrogens is 172 g/mol. The van der Waals surface area contributed by atoms with Gasteiger partial charge in [0.05, 0.1) is 18.6 Å². The fourth-order valence-electron chi connectivity index (χ4n) is 1.23. The van der Waals surface area contributed by atoms with Crippen molar-refractivity contribution in [1.82, 2.24) is 10.2 Å². The van der Waals surface area contributed by atoms with Crippen LogP contribution in [0.5, 0.6) is 0 Å². The van der Waals surface area contributed by atoms with E-state index in [2.05, 4.69) is 5.32 Å². The number of carbonyl (C=O) groups excluding carboxylic acids is 2. The third-order valence-electron chi connectivity index (χ3n) is 2.04. The summed E-state index contributed by atoms with van der Waals surface area (Å²) in [5, 5.41) is 11.8. The van der Waals surface area contributed by atoms with E-state index in [-0.39, 0.29) is 18.2 Å². The first-order chi connectivity index (χ1) is 6.02. The van der Waals surface area contributed by atoms with Crippen LogP contribution >= 0.6 is 0 Å². The largest absolute Gasteiger partial charge is 0.392 e. The first-order valence-corrected chi connectivity index (χ1v) is 4.24. The second kappa shape index (κ2) is 3.85. The standard InChI is InChI=1S/C8H14N2O3/c1-5(11)4-9-6-3-7(12)10(2)8(6)13/h5-6,9,11H,3-4H2,1-2H3/t5-,6?/m0/s1. The number of aliphatic hydroxyl groups is 1. The molecule has 1 fully saturated rings. The van der Waals surface area contributed by atoms with Crippen LogP contribution in [0.3, 0.4) is 0 Å². The summed E-state index contributed by atoms with van der Waals surface area (Å²) < 4.78 is 0. The normalized spacial score (nSPS) is 25.5. The first kappa shape index (κ1) is 10.1. The minimum absolute atomic E-state index is 0.173. The van der Waals surface area contributed by atoms with E-state index in [0.717, 1.165) is 4.90 Å². The summed E-state index contributed by atoms with van der Waals surface area (Å²) in [5.74, 6) is -0.390. The molecule has 1 heterocycles. The van der Waals surface area contributed by atoms with Gasteiger partial charge in [0, 0.05) is 13.6 Å². The minimum atomic E-state index is -0.506. The molecular formula is C8H14N2O3. The number of aliphatic hydroxyl groups excluding tert-OH is 1. The Labute approximate surface area is 76.7 Å². The van der Waals surface area contributed by atoms with Gasteiger partial charge in [-0.05, 0) is 6.92 Å². The summed E-state index contributed by atoms with van der Waals surface area (Å²) in [7, 11) is 1.47. The highest BCUT2D eigenvalue weighted by atomic mass is 16.3. The number of carbonyl (C=O) groups is 2. The summed E-state index contributed by atoms with van der Waals surface area (Å²) in [5.41, 5.74) is 0. The van der Waals surface area contributed by atoms with Gasteiger partial charge in [0.2, 0.25) is 11.8 Å². The van der Waals surface area contributed by atoms with Crippen molar-refractivity contribution in [2.24, 2.45) is 0 Å². The highest BCUT2D eigenvalue weighted by Gasteiger charge is 2.35. The second-order valence-corrected chi connectivity index (χ2v) is 3.30. The number of hydrogen-bond acceptors (Lipinski definition) is 4. The van der Waals surface area contributed by atoms with Crippen LogP contribution in [-0.2, 0) is 9.59 Å². The predicted octanol–water partition coefficient (Wildman–Crippen LogP) is -1.29. The molecule has 13 heavy (non-hydrogen) atoms. The molecule has 1 rings (SSSR count). The lowest BCUT2D eigenvalue weighted by Crippen LogP contribution is -2.40.